The molecule has 0 fully saturated rings. The number of nitrogens with zero attached hydrogens (tertiary/aromatic N) is 1. The summed E-state index contributed by atoms with van der Waals surface area (Å²) in [6.45, 7) is -0.118. The number of amides is 1. The molecule has 0 radical (unpaired) electrons. The Morgan fingerprint density at radius 2 is 1.90 bits per heavy atom. The highest BCUT2D eigenvalue weighted by molar-refractivity contribution is 6.12. The van der Waals surface area contributed by atoms with E-state index in [1.54, 1.807) is 30.5 Å². The molecular formula is C17H14N2O2. The average Bonchev–Trinajstić information content (AvgIpc) is 2.54. The second kappa shape index (κ2) is 5.73. The lowest BCUT2D eigenvalue weighted by molar-refractivity contribution is 0.102. The first-order chi connectivity index (χ1) is 10.3. The number of carbonyl (C=O) groups is 1. The monoisotopic (exact) mass is 278 g/mol. The maximum Gasteiger partial charge on any atom is 0.256 e. The smallest absolute Gasteiger partial charge is 0.256 e. The van der Waals surface area contributed by atoms with Crippen molar-refractivity contribution in [2.24, 2.45) is 0 Å². The van der Waals surface area contributed by atoms with Crippen molar-refractivity contribution in [3.63, 3.8) is 0 Å². The summed E-state index contributed by atoms with van der Waals surface area (Å²) < 4.78 is 0. The van der Waals surface area contributed by atoms with Gasteiger partial charge in [0.15, 0.2) is 0 Å². The first-order valence-corrected chi connectivity index (χ1v) is 6.63. The van der Waals surface area contributed by atoms with Gasteiger partial charge in [0.2, 0.25) is 0 Å². The second-order valence-corrected chi connectivity index (χ2v) is 4.65. The van der Waals surface area contributed by atoms with Crippen molar-refractivity contribution in [2.45, 2.75) is 6.61 Å². The van der Waals surface area contributed by atoms with Crippen LogP contribution in [-0.4, -0.2) is 16.0 Å². The van der Waals surface area contributed by atoms with Crippen LogP contribution in [0.4, 0.5) is 5.69 Å². The fourth-order valence-electron chi connectivity index (χ4n) is 2.27. The zero-order valence-corrected chi connectivity index (χ0v) is 11.3. The van der Waals surface area contributed by atoms with Gasteiger partial charge in [0, 0.05) is 28.4 Å². The summed E-state index contributed by atoms with van der Waals surface area (Å²) in [6, 6.07) is 16.3. The lowest BCUT2D eigenvalue weighted by atomic mass is 10.1. The number of carbonyl (C=O) groups excluding carboxylic acids is 1. The standard InChI is InChI=1S/C17H14N2O2/c20-11-12-5-1-2-8-15(12)19-17(21)14-6-3-9-16-13(14)7-4-10-18-16/h1-10,20H,11H2,(H,19,21). The number of aromatic nitrogens is 1. The van der Waals surface area contributed by atoms with Gasteiger partial charge in [-0.25, -0.2) is 0 Å². The minimum Gasteiger partial charge on any atom is -0.392 e. The quantitative estimate of drug-likeness (QED) is 0.774. The van der Waals surface area contributed by atoms with Gasteiger partial charge in [-0.1, -0.05) is 30.3 Å². The Balaban J connectivity index is 1.98. The van der Waals surface area contributed by atoms with Gasteiger partial charge in [-0.15, -0.1) is 0 Å². The van der Waals surface area contributed by atoms with Gasteiger partial charge in [0.05, 0.1) is 12.1 Å². The molecule has 0 unspecified atom stereocenters. The topological polar surface area (TPSA) is 62.2 Å². The molecule has 1 aromatic heterocycles. The lowest BCUT2D eigenvalue weighted by Gasteiger charge is -2.10. The molecule has 3 rings (SSSR count). The van der Waals surface area contributed by atoms with Crippen molar-refractivity contribution in [1.82, 2.24) is 4.98 Å². The van der Waals surface area contributed by atoms with Gasteiger partial charge >= 0.3 is 0 Å². The molecule has 2 N–H and O–H groups in total. The third-order valence-electron chi connectivity index (χ3n) is 3.33. The van der Waals surface area contributed by atoms with E-state index in [-0.39, 0.29) is 12.5 Å². The van der Waals surface area contributed by atoms with E-state index in [2.05, 4.69) is 10.3 Å². The number of hydrogen-bond donors (Lipinski definition) is 2. The third-order valence-corrected chi connectivity index (χ3v) is 3.33. The number of aliphatic hydroxyl groups is 1. The Hall–Kier alpha value is -2.72. The van der Waals surface area contributed by atoms with Crippen LogP contribution in [0.25, 0.3) is 10.9 Å². The van der Waals surface area contributed by atoms with E-state index in [4.69, 9.17) is 0 Å². The van der Waals surface area contributed by atoms with Crippen LogP contribution < -0.4 is 5.32 Å². The molecule has 0 spiro atoms. The van der Waals surface area contributed by atoms with E-state index in [0.29, 0.717) is 16.8 Å². The van der Waals surface area contributed by atoms with Gasteiger partial charge in [0.1, 0.15) is 0 Å². The molecule has 21 heavy (non-hydrogen) atoms. The molecule has 4 nitrogen and oxygen atoms in total. The molecule has 0 aliphatic carbocycles. The average molecular weight is 278 g/mol. The van der Waals surface area contributed by atoms with E-state index in [9.17, 15) is 9.90 Å². The number of fused-ring (bicyclic) bond motifs is 1. The van der Waals surface area contributed by atoms with Crippen LogP contribution in [0.1, 0.15) is 15.9 Å². The summed E-state index contributed by atoms with van der Waals surface area (Å²) in [6.07, 6.45) is 1.70. The molecule has 1 amide bonds. The van der Waals surface area contributed by atoms with Crippen molar-refractivity contribution in [3.05, 3.63) is 71.9 Å². The zero-order valence-electron chi connectivity index (χ0n) is 11.3. The van der Waals surface area contributed by atoms with Crippen molar-refractivity contribution in [2.75, 3.05) is 5.32 Å². The fraction of sp³-hybridized carbons (Fsp3) is 0.0588. The molecule has 0 aliphatic rings. The van der Waals surface area contributed by atoms with E-state index in [1.807, 2.05) is 30.3 Å². The number of benzene rings is 2. The number of anilines is 1. The molecule has 3 aromatic rings. The van der Waals surface area contributed by atoms with Gasteiger partial charge in [-0.3, -0.25) is 9.78 Å². The summed E-state index contributed by atoms with van der Waals surface area (Å²) in [5, 5.41) is 13.0. The number of nitrogens with one attached hydrogen (secondary N) is 1. The minimum atomic E-state index is -0.213. The highest BCUT2D eigenvalue weighted by atomic mass is 16.3. The van der Waals surface area contributed by atoms with Gasteiger partial charge in [-0.05, 0) is 24.3 Å². The molecule has 104 valence electrons. The summed E-state index contributed by atoms with van der Waals surface area (Å²) >= 11 is 0. The highest BCUT2D eigenvalue weighted by Crippen LogP contribution is 2.20. The second-order valence-electron chi connectivity index (χ2n) is 4.65. The first-order valence-electron chi connectivity index (χ1n) is 6.63. The summed E-state index contributed by atoms with van der Waals surface area (Å²) in [4.78, 5) is 16.7. The summed E-state index contributed by atoms with van der Waals surface area (Å²) in [5.41, 5.74) is 2.64. The van der Waals surface area contributed by atoms with Gasteiger partial charge in [0.25, 0.3) is 5.91 Å². The zero-order chi connectivity index (χ0) is 14.7. The van der Waals surface area contributed by atoms with E-state index in [1.165, 1.54) is 0 Å². The van der Waals surface area contributed by atoms with Gasteiger partial charge in [-0.2, -0.15) is 0 Å². The van der Waals surface area contributed by atoms with E-state index < -0.39 is 0 Å². The van der Waals surface area contributed by atoms with Gasteiger partial charge < -0.3 is 10.4 Å². The van der Waals surface area contributed by atoms with Crippen LogP contribution in [0, 0.1) is 0 Å². The molecule has 0 saturated carbocycles. The number of hydrogen-bond acceptors (Lipinski definition) is 3. The van der Waals surface area contributed by atoms with Crippen LogP contribution in [0.5, 0.6) is 0 Å². The number of para-hydroxylation sites is 1. The Morgan fingerprint density at radius 1 is 1.05 bits per heavy atom. The molecule has 0 saturated heterocycles. The molecule has 0 atom stereocenters. The first kappa shape index (κ1) is 13.3. The normalized spacial score (nSPS) is 10.5. The fourth-order valence-corrected chi connectivity index (χ4v) is 2.27. The Kier molecular flexibility index (Phi) is 3.62. The van der Waals surface area contributed by atoms with Crippen LogP contribution in [-0.2, 0) is 6.61 Å². The van der Waals surface area contributed by atoms with Crippen LogP contribution >= 0.6 is 0 Å². The maximum absolute atomic E-state index is 12.5. The van der Waals surface area contributed by atoms with Crippen molar-refractivity contribution >= 4 is 22.5 Å². The summed E-state index contributed by atoms with van der Waals surface area (Å²) in [5.74, 6) is -0.213. The number of pyridine rings is 1. The van der Waals surface area contributed by atoms with Crippen molar-refractivity contribution in [3.8, 4) is 0 Å². The van der Waals surface area contributed by atoms with Crippen LogP contribution in [0.15, 0.2) is 60.8 Å². The third kappa shape index (κ3) is 2.61. The van der Waals surface area contributed by atoms with Crippen LogP contribution in [0.2, 0.25) is 0 Å². The number of rotatable bonds is 3. The number of aliphatic hydroxyl groups excluding tert-OH is 1. The molecule has 0 bridgehead atoms. The Morgan fingerprint density at radius 3 is 2.76 bits per heavy atom. The predicted molar refractivity (Wildman–Crippen MR) is 82.1 cm³/mol. The largest absolute Gasteiger partial charge is 0.392 e. The molecular weight excluding hydrogens is 264 g/mol. The Bertz CT molecular complexity index is 794. The molecule has 2 aromatic carbocycles. The maximum atomic E-state index is 12.5. The lowest BCUT2D eigenvalue weighted by Crippen LogP contribution is -2.13. The highest BCUT2D eigenvalue weighted by Gasteiger charge is 2.11. The molecule has 1 heterocycles. The van der Waals surface area contributed by atoms with Crippen molar-refractivity contribution in [1.29, 1.82) is 0 Å². The SMILES string of the molecule is O=C(Nc1ccccc1CO)c1cccc2ncccc12. The molecule has 0 aliphatic heterocycles. The van der Waals surface area contributed by atoms with E-state index >= 15 is 0 Å². The van der Waals surface area contributed by atoms with Crippen LogP contribution in [0.3, 0.4) is 0 Å². The minimum absolute atomic E-state index is 0.118. The summed E-state index contributed by atoms with van der Waals surface area (Å²) in [7, 11) is 0. The predicted octanol–water partition coefficient (Wildman–Crippen LogP) is 2.98. The Labute approximate surface area is 122 Å². The van der Waals surface area contributed by atoms with E-state index in [0.717, 1.165) is 10.9 Å². The molecule has 4 heteroatoms. The van der Waals surface area contributed by atoms with Crippen molar-refractivity contribution < 1.29 is 9.90 Å².